The topological polar surface area (TPSA) is 139 Å². The molecule has 10 nitrogen and oxygen atoms in total. The summed E-state index contributed by atoms with van der Waals surface area (Å²) in [4.78, 5) is 34.5. The van der Waals surface area contributed by atoms with E-state index in [1.54, 1.807) is 51.4 Å². The number of carbonyl (C=O) groups excluding carboxylic acids is 2. The molecule has 2 aromatic heterocycles. The molecule has 250 valence electrons. The molecule has 0 atom stereocenters. The lowest BCUT2D eigenvalue weighted by Crippen LogP contribution is -2.40. The number of rotatable bonds is 11. The predicted molar refractivity (Wildman–Crippen MR) is 182 cm³/mol. The maximum Gasteiger partial charge on any atom is 0.319 e. The van der Waals surface area contributed by atoms with Crippen LogP contribution in [0.4, 0.5) is 10.5 Å². The van der Waals surface area contributed by atoms with E-state index in [1.165, 1.54) is 17.4 Å². The first kappa shape index (κ1) is 35.5. The molecule has 0 saturated heterocycles. The van der Waals surface area contributed by atoms with Gasteiger partial charge in [-0.1, -0.05) is 12.1 Å². The molecule has 1 saturated carbocycles. The molecule has 0 bridgehead atoms. The standard InChI is InChI=1S/C34H47N5O5S2/c1-33(2,3)39-46(42,43)29-20-25(38-32(41)37-21-26-11-7-8-19-35-26)17-18-27(29)28-22-36-31(45-28)24-15-13-23(14-16-24)10-9-12-30(40)44-34(4,5)6/h7-8,11,17-20,22-24,39H,9-10,12-16,21H2,1-6H3,(H2,37,38,41). The van der Waals surface area contributed by atoms with Gasteiger partial charge >= 0.3 is 12.0 Å². The van der Waals surface area contributed by atoms with Crippen LogP contribution >= 0.6 is 11.3 Å². The fourth-order valence-electron chi connectivity index (χ4n) is 5.56. The Bertz CT molecular complexity index is 1590. The molecule has 0 radical (unpaired) electrons. The van der Waals surface area contributed by atoms with Gasteiger partial charge in [-0.3, -0.25) is 9.78 Å². The fraction of sp³-hybridized carbons (Fsp3) is 0.529. The minimum absolute atomic E-state index is 0.0776. The summed E-state index contributed by atoms with van der Waals surface area (Å²) < 4.78 is 35.5. The number of thiazole rings is 1. The molecule has 1 aliphatic carbocycles. The van der Waals surface area contributed by atoms with Crippen molar-refractivity contribution in [2.24, 2.45) is 5.92 Å². The Labute approximate surface area is 277 Å². The van der Waals surface area contributed by atoms with E-state index in [1.807, 2.05) is 32.9 Å². The lowest BCUT2D eigenvalue weighted by molar-refractivity contribution is -0.155. The summed E-state index contributed by atoms with van der Waals surface area (Å²) in [5, 5.41) is 6.51. The van der Waals surface area contributed by atoms with Gasteiger partial charge in [0.25, 0.3) is 0 Å². The molecule has 2 amide bonds. The van der Waals surface area contributed by atoms with Crippen LogP contribution in [-0.2, 0) is 26.1 Å². The number of hydrogen-bond donors (Lipinski definition) is 3. The highest BCUT2D eigenvalue weighted by atomic mass is 32.2. The Kier molecular flexibility index (Phi) is 11.6. The summed E-state index contributed by atoms with van der Waals surface area (Å²) in [6.45, 7) is 11.3. The van der Waals surface area contributed by atoms with E-state index >= 15 is 0 Å². The van der Waals surface area contributed by atoms with Gasteiger partial charge in [-0.25, -0.2) is 22.9 Å². The van der Waals surface area contributed by atoms with Crippen molar-refractivity contribution in [1.29, 1.82) is 0 Å². The van der Waals surface area contributed by atoms with E-state index < -0.39 is 27.2 Å². The van der Waals surface area contributed by atoms with Crippen molar-refractivity contribution in [3.63, 3.8) is 0 Å². The van der Waals surface area contributed by atoms with Gasteiger partial charge in [-0.05, 0) is 110 Å². The van der Waals surface area contributed by atoms with E-state index in [-0.39, 0.29) is 17.4 Å². The summed E-state index contributed by atoms with van der Waals surface area (Å²) >= 11 is 1.52. The number of nitrogens with one attached hydrogen (secondary N) is 3. The quantitative estimate of drug-likeness (QED) is 0.181. The van der Waals surface area contributed by atoms with Crippen LogP contribution in [0.3, 0.4) is 0 Å². The molecule has 2 heterocycles. The van der Waals surface area contributed by atoms with Crippen molar-refractivity contribution in [3.8, 4) is 10.4 Å². The Balaban J connectivity index is 1.43. The monoisotopic (exact) mass is 669 g/mol. The van der Waals surface area contributed by atoms with Crippen molar-refractivity contribution in [3.05, 3.63) is 59.5 Å². The zero-order valence-corrected chi connectivity index (χ0v) is 29.3. The van der Waals surface area contributed by atoms with Crippen LogP contribution in [0.25, 0.3) is 10.4 Å². The number of amides is 2. The summed E-state index contributed by atoms with van der Waals surface area (Å²) in [5.41, 5.74) is 0.441. The largest absolute Gasteiger partial charge is 0.460 e. The van der Waals surface area contributed by atoms with Gasteiger partial charge in [0.2, 0.25) is 10.0 Å². The first-order valence-corrected chi connectivity index (χ1v) is 18.2. The van der Waals surface area contributed by atoms with Crippen LogP contribution in [0.5, 0.6) is 0 Å². The van der Waals surface area contributed by atoms with Gasteiger partial charge in [-0.15, -0.1) is 11.3 Å². The van der Waals surface area contributed by atoms with Gasteiger partial charge < -0.3 is 15.4 Å². The molecular weight excluding hydrogens is 623 g/mol. The van der Waals surface area contributed by atoms with Crippen molar-refractivity contribution >= 4 is 39.0 Å². The number of benzene rings is 1. The van der Waals surface area contributed by atoms with Crippen LogP contribution in [0.15, 0.2) is 53.7 Å². The predicted octanol–water partition coefficient (Wildman–Crippen LogP) is 7.39. The highest BCUT2D eigenvalue weighted by Crippen LogP contribution is 2.42. The molecular formula is C34H47N5O5S2. The third-order valence-electron chi connectivity index (χ3n) is 7.52. The molecule has 1 aromatic carbocycles. The summed E-state index contributed by atoms with van der Waals surface area (Å²) in [6, 6.07) is 9.90. The normalized spacial score (nSPS) is 17.3. The number of urea groups is 1. The molecule has 0 aliphatic heterocycles. The third kappa shape index (κ3) is 10.9. The van der Waals surface area contributed by atoms with E-state index in [4.69, 9.17) is 9.72 Å². The Morgan fingerprint density at radius 1 is 1.00 bits per heavy atom. The highest BCUT2D eigenvalue weighted by molar-refractivity contribution is 7.89. The zero-order valence-electron chi connectivity index (χ0n) is 27.7. The number of ether oxygens (including phenoxy) is 1. The molecule has 46 heavy (non-hydrogen) atoms. The second-order valence-electron chi connectivity index (χ2n) is 14.0. The molecule has 1 fully saturated rings. The highest BCUT2D eigenvalue weighted by Gasteiger charge is 2.29. The van der Waals surface area contributed by atoms with Crippen LogP contribution in [0.1, 0.15) is 103 Å². The molecule has 0 unspecified atom stereocenters. The molecule has 3 N–H and O–H groups in total. The number of esters is 1. The van der Waals surface area contributed by atoms with Crippen molar-refractivity contribution < 1.29 is 22.7 Å². The number of sulfonamides is 1. The smallest absolute Gasteiger partial charge is 0.319 e. The molecule has 3 aromatic rings. The van der Waals surface area contributed by atoms with Crippen molar-refractivity contribution in [2.45, 2.75) is 115 Å². The number of carbonyl (C=O) groups is 2. The maximum absolute atomic E-state index is 13.6. The third-order valence-corrected chi connectivity index (χ3v) is 10.5. The summed E-state index contributed by atoms with van der Waals surface area (Å²) in [5.74, 6) is 0.764. The zero-order chi connectivity index (χ0) is 33.5. The summed E-state index contributed by atoms with van der Waals surface area (Å²) in [6.07, 6.45) is 9.88. The summed E-state index contributed by atoms with van der Waals surface area (Å²) in [7, 11) is -3.94. The fourth-order valence-corrected chi connectivity index (χ4v) is 8.42. The second kappa shape index (κ2) is 15.0. The number of hydrogen-bond acceptors (Lipinski definition) is 8. The van der Waals surface area contributed by atoms with Gasteiger partial charge in [-0.2, -0.15) is 0 Å². The first-order valence-electron chi connectivity index (χ1n) is 15.9. The Morgan fingerprint density at radius 2 is 1.74 bits per heavy atom. The van der Waals surface area contributed by atoms with Crippen molar-refractivity contribution in [1.82, 2.24) is 20.0 Å². The number of pyridine rings is 1. The first-order chi connectivity index (χ1) is 21.6. The molecule has 4 rings (SSSR count). The molecule has 0 spiro atoms. The molecule has 12 heteroatoms. The van der Waals surface area contributed by atoms with Gasteiger partial charge in [0.1, 0.15) is 5.60 Å². The second-order valence-corrected chi connectivity index (χ2v) is 16.7. The van der Waals surface area contributed by atoms with E-state index in [9.17, 15) is 18.0 Å². The van der Waals surface area contributed by atoms with Crippen molar-refractivity contribution in [2.75, 3.05) is 5.32 Å². The van der Waals surface area contributed by atoms with Crippen LogP contribution in [0.2, 0.25) is 0 Å². The Hall–Kier alpha value is -3.35. The number of anilines is 1. The minimum atomic E-state index is -3.94. The lowest BCUT2D eigenvalue weighted by atomic mass is 9.80. The average Bonchev–Trinajstić information content (AvgIpc) is 3.45. The van der Waals surface area contributed by atoms with Crippen LogP contribution in [-0.4, -0.2) is 41.5 Å². The average molecular weight is 670 g/mol. The van der Waals surface area contributed by atoms with Gasteiger partial charge in [0, 0.05) is 41.5 Å². The van der Waals surface area contributed by atoms with E-state index in [2.05, 4.69) is 20.3 Å². The van der Waals surface area contributed by atoms with Crippen LogP contribution in [0, 0.1) is 5.92 Å². The maximum atomic E-state index is 13.6. The lowest BCUT2D eigenvalue weighted by Gasteiger charge is -2.27. The van der Waals surface area contributed by atoms with E-state index in [0.29, 0.717) is 35.2 Å². The van der Waals surface area contributed by atoms with E-state index in [0.717, 1.165) is 48.4 Å². The number of aromatic nitrogens is 2. The number of nitrogens with zero attached hydrogens (tertiary/aromatic N) is 2. The molecule has 1 aliphatic rings. The minimum Gasteiger partial charge on any atom is -0.460 e. The SMILES string of the molecule is CC(C)(C)NS(=O)(=O)c1cc(NC(=O)NCc2ccccn2)ccc1-c1cnc(C2CCC(CCCC(=O)OC(C)(C)C)CC2)s1. The van der Waals surface area contributed by atoms with Gasteiger partial charge in [0.15, 0.2) is 0 Å². The van der Waals surface area contributed by atoms with Gasteiger partial charge in [0.05, 0.1) is 27.0 Å². The van der Waals surface area contributed by atoms with Crippen LogP contribution < -0.4 is 15.4 Å². The Morgan fingerprint density at radius 3 is 2.39 bits per heavy atom.